The first-order chi connectivity index (χ1) is 18.0. The van der Waals surface area contributed by atoms with Gasteiger partial charge < -0.3 is 14.8 Å². The smallest absolute Gasteiger partial charge is 0.415 e. The normalized spacial score (nSPS) is 21.7. The number of nitrogens with zero attached hydrogens (tertiary/aromatic N) is 5. The molecule has 6 rings (SSSR count). The van der Waals surface area contributed by atoms with E-state index in [2.05, 4.69) is 25.2 Å². The Morgan fingerprint density at radius 1 is 1.22 bits per heavy atom. The van der Waals surface area contributed by atoms with E-state index in [4.69, 9.17) is 9.47 Å². The van der Waals surface area contributed by atoms with Crippen molar-refractivity contribution in [2.45, 2.75) is 23.8 Å². The minimum atomic E-state index is -0.451. The number of amides is 2. The molecular formula is C25H25FN6O4S. The SMILES string of the molecule is COc1ccc2ncc(F)c(CCN3CCC4CN(c5ccc6c(n5)NC(=O)CS6)C(=O)OC4C3)c2n1. The predicted octanol–water partition coefficient (Wildman–Crippen LogP) is 3.11. The van der Waals surface area contributed by atoms with E-state index in [1.165, 1.54) is 25.1 Å². The number of thioether (sulfide) groups is 1. The third kappa shape index (κ3) is 4.66. The van der Waals surface area contributed by atoms with Gasteiger partial charge in [0, 0.05) is 37.2 Å². The average molecular weight is 525 g/mol. The van der Waals surface area contributed by atoms with Gasteiger partial charge in [0.15, 0.2) is 0 Å². The molecule has 3 aromatic rings. The van der Waals surface area contributed by atoms with Gasteiger partial charge in [-0.3, -0.25) is 19.6 Å². The fraction of sp³-hybridized carbons (Fsp3) is 0.400. The van der Waals surface area contributed by atoms with E-state index in [9.17, 15) is 14.0 Å². The Morgan fingerprint density at radius 3 is 2.97 bits per heavy atom. The molecule has 3 aromatic heterocycles. The van der Waals surface area contributed by atoms with Crippen LogP contribution in [0.4, 0.5) is 20.8 Å². The highest BCUT2D eigenvalue weighted by Gasteiger charge is 2.40. The third-order valence-corrected chi connectivity index (χ3v) is 8.08. The van der Waals surface area contributed by atoms with Crippen LogP contribution in [0.5, 0.6) is 5.88 Å². The molecule has 0 aromatic carbocycles. The molecule has 0 aliphatic carbocycles. The van der Waals surface area contributed by atoms with Gasteiger partial charge >= 0.3 is 6.09 Å². The maximum atomic E-state index is 14.7. The Morgan fingerprint density at radius 2 is 2.11 bits per heavy atom. The molecule has 0 bridgehead atoms. The molecule has 37 heavy (non-hydrogen) atoms. The first kappa shape index (κ1) is 23.9. The molecule has 1 N–H and O–H groups in total. The van der Waals surface area contributed by atoms with E-state index < -0.39 is 11.9 Å². The second-order valence-corrected chi connectivity index (χ2v) is 10.3. The number of hydrogen-bond donors (Lipinski definition) is 1. The molecular weight excluding hydrogens is 499 g/mol. The zero-order chi connectivity index (χ0) is 25.5. The van der Waals surface area contributed by atoms with Crippen molar-refractivity contribution in [3.05, 3.63) is 41.8 Å². The molecule has 6 heterocycles. The number of aromatic nitrogens is 3. The van der Waals surface area contributed by atoms with Crippen LogP contribution in [0.3, 0.4) is 0 Å². The number of likely N-dealkylation sites (tertiary alicyclic amines) is 1. The highest BCUT2D eigenvalue weighted by atomic mass is 32.2. The Hall–Kier alpha value is -3.51. The Kier molecular flexibility index (Phi) is 6.29. The van der Waals surface area contributed by atoms with Crippen LogP contribution < -0.4 is 15.0 Å². The second-order valence-electron chi connectivity index (χ2n) is 9.29. The van der Waals surface area contributed by atoms with Crippen LogP contribution in [-0.4, -0.2) is 77.0 Å². The Balaban J connectivity index is 1.12. The molecule has 192 valence electrons. The Labute approximate surface area is 216 Å². The van der Waals surface area contributed by atoms with Crippen LogP contribution >= 0.6 is 11.8 Å². The quantitative estimate of drug-likeness (QED) is 0.538. The summed E-state index contributed by atoms with van der Waals surface area (Å²) < 4.78 is 25.7. The Bertz CT molecular complexity index is 1390. The van der Waals surface area contributed by atoms with Gasteiger partial charge in [-0.15, -0.1) is 11.8 Å². The molecule has 10 nitrogen and oxygen atoms in total. The van der Waals surface area contributed by atoms with Crippen molar-refractivity contribution in [2.75, 3.05) is 49.3 Å². The van der Waals surface area contributed by atoms with Gasteiger partial charge in [0.1, 0.15) is 23.6 Å². The van der Waals surface area contributed by atoms with Crippen LogP contribution in [0, 0.1) is 11.7 Å². The average Bonchev–Trinajstić information content (AvgIpc) is 2.91. The first-order valence-corrected chi connectivity index (χ1v) is 13.1. The summed E-state index contributed by atoms with van der Waals surface area (Å²) in [5.74, 6) is 1.37. The molecule has 3 aliphatic rings. The zero-order valence-corrected chi connectivity index (χ0v) is 21.0. The van der Waals surface area contributed by atoms with Crippen molar-refractivity contribution in [2.24, 2.45) is 5.92 Å². The van der Waals surface area contributed by atoms with Crippen molar-refractivity contribution < 1.29 is 23.5 Å². The van der Waals surface area contributed by atoms with Crippen molar-refractivity contribution in [3.63, 3.8) is 0 Å². The lowest BCUT2D eigenvalue weighted by molar-refractivity contribution is -0.113. The third-order valence-electron chi connectivity index (χ3n) is 7.03. The van der Waals surface area contributed by atoms with Gasteiger partial charge in [-0.2, -0.15) is 0 Å². The maximum Gasteiger partial charge on any atom is 0.415 e. The van der Waals surface area contributed by atoms with Crippen LogP contribution in [0.25, 0.3) is 11.0 Å². The summed E-state index contributed by atoms with van der Waals surface area (Å²) in [5.41, 5.74) is 1.62. The minimum absolute atomic E-state index is 0.106. The van der Waals surface area contributed by atoms with E-state index >= 15 is 0 Å². The second kappa shape index (κ2) is 9.75. The monoisotopic (exact) mass is 524 g/mol. The summed E-state index contributed by atoms with van der Waals surface area (Å²) in [5, 5.41) is 2.77. The molecule has 3 aliphatic heterocycles. The molecule has 2 amide bonds. The van der Waals surface area contributed by atoms with Crippen LogP contribution in [0.1, 0.15) is 12.0 Å². The lowest BCUT2D eigenvalue weighted by Gasteiger charge is -2.43. The number of fused-ring (bicyclic) bond motifs is 3. The number of halogens is 1. The number of nitrogens with one attached hydrogen (secondary N) is 1. The number of ether oxygens (including phenoxy) is 2. The fourth-order valence-corrected chi connectivity index (χ4v) is 5.82. The number of anilines is 2. The van der Waals surface area contributed by atoms with Gasteiger partial charge in [0.25, 0.3) is 0 Å². The topological polar surface area (TPSA) is 110 Å². The fourth-order valence-electron chi connectivity index (χ4n) is 5.07. The number of piperidine rings is 1. The van der Waals surface area contributed by atoms with E-state index in [1.807, 2.05) is 6.07 Å². The molecule has 12 heteroatoms. The van der Waals surface area contributed by atoms with Crippen LogP contribution in [0.2, 0.25) is 0 Å². The summed E-state index contributed by atoms with van der Waals surface area (Å²) in [6.45, 7) is 2.48. The first-order valence-electron chi connectivity index (χ1n) is 12.1. The molecule has 0 radical (unpaired) electrons. The molecule has 0 spiro atoms. The number of hydrogen-bond acceptors (Lipinski definition) is 9. The highest BCUT2D eigenvalue weighted by molar-refractivity contribution is 8.00. The number of methoxy groups -OCH3 is 1. The largest absolute Gasteiger partial charge is 0.481 e. The summed E-state index contributed by atoms with van der Waals surface area (Å²) in [6.07, 6.45) is 1.81. The van der Waals surface area contributed by atoms with Crippen molar-refractivity contribution in [1.29, 1.82) is 0 Å². The number of carbonyl (C=O) groups is 2. The van der Waals surface area contributed by atoms with Crippen LogP contribution in [0.15, 0.2) is 35.4 Å². The molecule has 0 saturated carbocycles. The van der Waals surface area contributed by atoms with Gasteiger partial charge in [-0.1, -0.05) is 0 Å². The zero-order valence-electron chi connectivity index (χ0n) is 20.1. The number of pyridine rings is 3. The lowest BCUT2D eigenvalue weighted by Crippen LogP contribution is -2.56. The maximum absolute atomic E-state index is 14.7. The number of carbonyl (C=O) groups excluding carboxylic acids is 2. The van der Waals surface area contributed by atoms with E-state index in [1.54, 1.807) is 23.1 Å². The standard InChI is InChI=1S/C25H25FN6O4S/c1-35-22-5-2-17-23(30-22)15(16(26)10-27-17)7-9-31-8-6-14-11-32(25(34)36-18(14)12-31)20-4-3-19-24(28-20)29-21(33)13-37-19/h2-5,10,14,18H,6-9,11-13H2,1H3,(H,28,29,33). The summed E-state index contributed by atoms with van der Waals surface area (Å²) in [7, 11) is 1.52. The molecule has 2 fully saturated rings. The van der Waals surface area contributed by atoms with Gasteiger partial charge in [0.05, 0.1) is 35.0 Å². The van der Waals surface area contributed by atoms with Crippen molar-refractivity contribution in [3.8, 4) is 5.88 Å². The number of rotatable bonds is 5. The van der Waals surface area contributed by atoms with Gasteiger partial charge in [0.2, 0.25) is 11.8 Å². The predicted molar refractivity (Wildman–Crippen MR) is 136 cm³/mol. The molecule has 2 atom stereocenters. The van der Waals surface area contributed by atoms with Crippen molar-refractivity contribution >= 4 is 46.4 Å². The van der Waals surface area contributed by atoms with Gasteiger partial charge in [-0.25, -0.2) is 19.2 Å². The van der Waals surface area contributed by atoms with Crippen molar-refractivity contribution in [1.82, 2.24) is 19.9 Å². The summed E-state index contributed by atoms with van der Waals surface area (Å²) >= 11 is 1.43. The lowest BCUT2D eigenvalue weighted by atomic mass is 9.91. The van der Waals surface area contributed by atoms with E-state index in [0.29, 0.717) is 65.9 Å². The molecule has 2 saturated heterocycles. The minimum Gasteiger partial charge on any atom is -0.481 e. The van der Waals surface area contributed by atoms with E-state index in [-0.39, 0.29) is 17.9 Å². The van der Waals surface area contributed by atoms with Gasteiger partial charge in [-0.05, 0) is 37.6 Å². The molecule has 2 unspecified atom stereocenters. The summed E-state index contributed by atoms with van der Waals surface area (Å²) in [6, 6.07) is 7.14. The summed E-state index contributed by atoms with van der Waals surface area (Å²) in [4.78, 5) is 42.3. The van der Waals surface area contributed by atoms with E-state index in [0.717, 1.165) is 17.9 Å². The van der Waals surface area contributed by atoms with Crippen LogP contribution in [-0.2, 0) is 16.0 Å². The highest BCUT2D eigenvalue weighted by Crippen LogP contribution is 2.34.